The number of nitrogens with one attached hydrogen (secondary N) is 2. The van der Waals surface area contributed by atoms with Crippen LogP contribution in [0.5, 0.6) is 0 Å². The molecule has 2 saturated heterocycles. The fourth-order valence-electron chi connectivity index (χ4n) is 3.63. The maximum Gasteiger partial charge on any atom is 0.227 e. The summed E-state index contributed by atoms with van der Waals surface area (Å²) in [6.07, 6.45) is 4.27. The van der Waals surface area contributed by atoms with Gasteiger partial charge < -0.3 is 15.5 Å². The molecule has 3 rings (SSSR count). The molecule has 2 N–H and O–H groups in total. The zero-order chi connectivity index (χ0) is 16.9. The standard InChI is InChI=1S/C18H25ClFN3O.ClH/c19-16-11-15(1-2-17(16)20)22-18(24)14-5-9-23(10-6-14)12-13-3-7-21-8-4-13;/h1-2,11,13-14,21H,3-10,12H2,(H,22,24);1H. The summed E-state index contributed by atoms with van der Waals surface area (Å²) in [5.41, 5.74) is 0.559. The van der Waals surface area contributed by atoms with Crippen molar-refractivity contribution in [2.75, 3.05) is 38.0 Å². The van der Waals surface area contributed by atoms with E-state index in [0.717, 1.165) is 51.5 Å². The highest BCUT2D eigenvalue weighted by Gasteiger charge is 2.26. The Hall–Kier alpha value is -0.880. The second kappa shape index (κ2) is 9.72. The number of carbonyl (C=O) groups excluding carboxylic acids is 1. The Bertz CT molecular complexity index is 573. The van der Waals surface area contributed by atoms with Crippen LogP contribution in [0.15, 0.2) is 18.2 Å². The van der Waals surface area contributed by atoms with Gasteiger partial charge in [0, 0.05) is 18.2 Å². The molecule has 0 atom stereocenters. The van der Waals surface area contributed by atoms with Gasteiger partial charge in [-0.25, -0.2) is 4.39 Å². The lowest BCUT2D eigenvalue weighted by atomic mass is 9.93. The van der Waals surface area contributed by atoms with E-state index in [9.17, 15) is 9.18 Å². The Kier molecular flexibility index (Phi) is 7.94. The summed E-state index contributed by atoms with van der Waals surface area (Å²) in [5, 5.41) is 6.29. The molecule has 2 fully saturated rings. The number of carbonyl (C=O) groups is 1. The van der Waals surface area contributed by atoms with E-state index in [2.05, 4.69) is 15.5 Å². The number of piperidine rings is 2. The minimum Gasteiger partial charge on any atom is -0.326 e. The van der Waals surface area contributed by atoms with Gasteiger partial charge in [0.05, 0.1) is 5.02 Å². The quantitative estimate of drug-likeness (QED) is 0.827. The van der Waals surface area contributed by atoms with Crippen LogP contribution in [0.4, 0.5) is 10.1 Å². The highest BCUT2D eigenvalue weighted by Crippen LogP contribution is 2.24. The van der Waals surface area contributed by atoms with Crippen molar-refractivity contribution in [1.82, 2.24) is 10.2 Å². The van der Waals surface area contributed by atoms with Crippen LogP contribution in [0.1, 0.15) is 25.7 Å². The van der Waals surface area contributed by atoms with Crippen LogP contribution in [-0.4, -0.2) is 43.5 Å². The summed E-state index contributed by atoms with van der Waals surface area (Å²) in [6.45, 7) is 5.37. The summed E-state index contributed by atoms with van der Waals surface area (Å²) in [5.74, 6) is 0.358. The Balaban J connectivity index is 0.00000225. The number of rotatable bonds is 4. The zero-order valence-corrected chi connectivity index (χ0v) is 15.8. The van der Waals surface area contributed by atoms with Gasteiger partial charge in [-0.3, -0.25) is 4.79 Å². The number of halogens is 3. The lowest BCUT2D eigenvalue weighted by Crippen LogP contribution is -2.42. The summed E-state index contributed by atoms with van der Waals surface area (Å²) >= 11 is 5.76. The molecule has 25 heavy (non-hydrogen) atoms. The first-order chi connectivity index (χ1) is 11.6. The number of anilines is 1. The molecule has 1 amide bonds. The molecular weight excluding hydrogens is 364 g/mol. The highest BCUT2D eigenvalue weighted by atomic mass is 35.5. The minimum absolute atomic E-state index is 0. The number of hydrogen-bond donors (Lipinski definition) is 2. The van der Waals surface area contributed by atoms with E-state index in [0.29, 0.717) is 5.69 Å². The van der Waals surface area contributed by atoms with E-state index in [4.69, 9.17) is 11.6 Å². The van der Waals surface area contributed by atoms with Crippen molar-refractivity contribution >= 4 is 35.6 Å². The molecule has 0 bridgehead atoms. The Morgan fingerprint density at radius 1 is 1.24 bits per heavy atom. The monoisotopic (exact) mass is 389 g/mol. The van der Waals surface area contributed by atoms with E-state index < -0.39 is 5.82 Å². The van der Waals surface area contributed by atoms with Crippen molar-refractivity contribution in [2.24, 2.45) is 11.8 Å². The number of benzene rings is 1. The molecule has 1 aromatic rings. The van der Waals surface area contributed by atoms with Crippen LogP contribution in [0.3, 0.4) is 0 Å². The summed E-state index contributed by atoms with van der Waals surface area (Å²) in [7, 11) is 0. The van der Waals surface area contributed by atoms with E-state index >= 15 is 0 Å². The van der Waals surface area contributed by atoms with Gasteiger partial charge in [0.15, 0.2) is 0 Å². The van der Waals surface area contributed by atoms with Crippen LogP contribution in [0.2, 0.25) is 5.02 Å². The number of nitrogens with zero attached hydrogens (tertiary/aromatic N) is 1. The van der Waals surface area contributed by atoms with Crippen molar-refractivity contribution in [3.8, 4) is 0 Å². The number of amides is 1. The Morgan fingerprint density at radius 2 is 1.92 bits per heavy atom. The van der Waals surface area contributed by atoms with E-state index in [1.807, 2.05) is 0 Å². The molecule has 0 aliphatic carbocycles. The number of likely N-dealkylation sites (tertiary alicyclic amines) is 1. The zero-order valence-electron chi connectivity index (χ0n) is 14.3. The maximum atomic E-state index is 13.2. The van der Waals surface area contributed by atoms with Crippen LogP contribution in [-0.2, 0) is 4.79 Å². The first kappa shape index (κ1) is 20.4. The fraction of sp³-hybridized carbons (Fsp3) is 0.611. The van der Waals surface area contributed by atoms with E-state index in [-0.39, 0.29) is 29.3 Å². The summed E-state index contributed by atoms with van der Waals surface area (Å²) in [6, 6.07) is 4.28. The van der Waals surface area contributed by atoms with Crippen LogP contribution in [0.25, 0.3) is 0 Å². The van der Waals surface area contributed by atoms with Crippen molar-refractivity contribution < 1.29 is 9.18 Å². The fourth-order valence-corrected chi connectivity index (χ4v) is 3.81. The predicted molar refractivity (Wildman–Crippen MR) is 102 cm³/mol. The molecule has 0 saturated carbocycles. The molecule has 2 aliphatic heterocycles. The summed E-state index contributed by atoms with van der Waals surface area (Å²) < 4.78 is 13.2. The predicted octanol–water partition coefficient (Wildman–Crippen LogP) is 3.55. The van der Waals surface area contributed by atoms with Gasteiger partial charge in [-0.05, 0) is 76.0 Å². The van der Waals surface area contributed by atoms with Gasteiger partial charge in [0.2, 0.25) is 5.91 Å². The smallest absolute Gasteiger partial charge is 0.227 e. The van der Waals surface area contributed by atoms with Crippen molar-refractivity contribution in [3.63, 3.8) is 0 Å². The van der Waals surface area contributed by atoms with Gasteiger partial charge >= 0.3 is 0 Å². The molecule has 2 aliphatic rings. The minimum atomic E-state index is -0.471. The van der Waals surface area contributed by atoms with E-state index in [1.165, 1.54) is 25.0 Å². The first-order valence-electron chi connectivity index (χ1n) is 8.81. The van der Waals surface area contributed by atoms with Gasteiger partial charge in [-0.2, -0.15) is 0 Å². The number of hydrogen-bond acceptors (Lipinski definition) is 3. The molecule has 0 aromatic heterocycles. The molecule has 2 heterocycles. The molecule has 0 unspecified atom stereocenters. The molecule has 4 nitrogen and oxygen atoms in total. The van der Waals surface area contributed by atoms with Gasteiger partial charge in [0.25, 0.3) is 0 Å². The lowest BCUT2D eigenvalue weighted by molar-refractivity contribution is -0.121. The van der Waals surface area contributed by atoms with Crippen molar-refractivity contribution in [2.45, 2.75) is 25.7 Å². The second-order valence-electron chi connectivity index (χ2n) is 6.89. The summed E-state index contributed by atoms with van der Waals surface area (Å²) in [4.78, 5) is 14.9. The maximum absolute atomic E-state index is 13.2. The Morgan fingerprint density at radius 3 is 2.56 bits per heavy atom. The van der Waals surface area contributed by atoms with Crippen LogP contribution in [0, 0.1) is 17.7 Å². The van der Waals surface area contributed by atoms with Gasteiger partial charge in [-0.15, -0.1) is 12.4 Å². The molecule has 0 radical (unpaired) electrons. The van der Waals surface area contributed by atoms with Gasteiger partial charge in [0.1, 0.15) is 5.82 Å². The second-order valence-corrected chi connectivity index (χ2v) is 7.29. The van der Waals surface area contributed by atoms with Gasteiger partial charge in [-0.1, -0.05) is 11.6 Å². The SMILES string of the molecule is Cl.O=C(Nc1ccc(F)c(Cl)c1)C1CCN(CC2CCNCC2)CC1. The molecule has 0 spiro atoms. The topological polar surface area (TPSA) is 44.4 Å². The first-order valence-corrected chi connectivity index (χ1v) is 9.18. The third kappa shape index (κ3) is 5.81. The van der Waals surface area contributed by atoms with Crippen LogP contribution < -0.4 is 10.6 Å². The van der Waals surface area contributed by atoms with Crippen molar-refractivity contribution in [1.29, 1.82) is 0 Å². The highest BCUT2D eigenvalue weighted by molar-refractivity contribution is 6.31. The van der Waals surface area contributed by atoms with E-state index in [1.54, 1.807) is 6.07 Å². The lowest BCUT2D eigenvalue weighted by Gasteiger charge is -2.35. The largest absolute Gasteiger partial charge is 0.326 e. The average Bonchev–Trinajstić information content (AvgIpc) is 2.60. The third-order valence-electron chi connectivity index (χ3n) is 5.12. The normalized spacial score (nSPS) is 20.1. The molecule has 140 valence electrons. The average molecular weight is 390 g/mol. The van der Waals surface area contributed by atoms with Crippen LogP contribution >= 0.6 is 24.0 Å². The molecule has 1 aromatic carbocycles. The molecular formula is C18H26Cl2FN3O. The van der Waals surface area contributed by atoms with Crippen molar-refractivity contribution in [3.05, 3.63) is 29.0 Å². The molecule has 7 heteroatoms. The Labute approximate surface area is 159 Å². The third-order valence-corrected chi connectivity index (χ3v) is 5.41.